The molecule has 1 aliphatic heterocycles. The molecule has 41 heavy (non-hydrogen) atoms. The Bertz CT molecular complexity index is 1820. The molecule has 1 aromatic heterocycles. The van der Waals surface area contributed by atoms with Gasteiger partial charge in [-0.25, -0.2) is 14.6 Å². The van der Waals surface area contributed by atoms with Gasteiger partial charge in [0.2, 0.25) is 0 Å². The van der Waals surface area contributed by atoms with Crippen LogP contribution in [0, 0.1) is 0 Å². The summed E-state index contributed by atoms with van der Waals surface area (Å²) in [6, 6.07) is 22.5. The van der Waals surface area contributed by atoms with Crippen molar-refractivity contribution in [3.05, 3.63) is 121 Å². The van der Waals surface area contributed by atoms with E-state index in [2.05, 4.69) is 0 Å². The van der Waals surface area contributed by atoms with Gasteiger partial charge in [-0.05, 0) is 48.4 Å². The number of hydrogen-bond acceptors (Lipinski definition) is 8. The summed E-state index contributed by atoms with van der Waals surface area (Å²) in [6.07, 6.45) is 1.69. The van der Waals surface area contributed by atoms with Gasteiger partial charge in [0.1, 0.15) is 11.5 Å². The largest absolute Gasteiger partial charge is 0.497 e. The van der Waals surface area contributed by atoms with Crippen molar-refractivity contribution in [2.24, 2.45) is 4.99 Å². The molecule has 3 aromatic carbocycles. The molecule has 4 aromatic rings. The molecule has 1 aliphatic rings. The Morgan fingerprint density at radius 1 is 1.02 bits per heavy atom. The van der Waals surface area contributed by atoms with Crippen molar-refractivity contribution >= 4 is 35.0 Å². The monoisotopic (exact) mass is 570 g/mol. The summed E-state index contributed by atoms with van der Waals surface area (Å²) in [5, 5.41) is 8.93. The lowest BCUT2D eigenvalue weighted by Crippen LogP contribution is -2.40. The number of thiazole rings is 1. The fourth-order valence-electron chi connectivity index (χ4n) is 4.56. The highest BCUT2D eigenvalue weighted by Crippen LogP contribution is 2.36. The molecule has 1 atom stereocenters. The molecule has 0 radical (unpaired) electrons. The molecule has 0 spiro atoms. The fraction of sp³-hybridized carbons (Fsp3) is 0.161. The molecule has 0 aliphatic carbocycles. The van der Waals surface area contributed by atoms with Crippen LogP contribution in [-0.2, 0) is 14.3 Å². The van der Waals surface area contributed by atoms with Gasteiger partial charge >= 0.3 is 11.9 Å². The van der Waals surface area contributed by atoms with E-state index in [-0.39, 0.29) is 17.7 Å². The molecule has 10 heteroatoms. The number of fused-ring (bicyclic) bond motifs is 1. The third kappa shape index (κ3) is 5.82. The van der Waals surface area contributed by atoms with Crippen LogP contribution in [0.2, 0.25) is 0 Å². The number of hydrogen-bond donors (Lipinski definition) is 1. The van der Waals surface area contributed by atoms with E-state index in [0.29, 0.717) is 43.2 Å². The highest BCUT2D eigenvalue weighted by atomic mass is 32.1. The summed E-state index contributed by atoms with van der Waals surface area (Å²) in [6.45, 7) is 1.40. The number of aromatic nitrogens is 1. The summed E-state index contributed by atoms with van der Waals surface area (Å²) in [5.74, 6) is -0.725. The number of nitrogens with zero attached hydrogens (tertiary/aromatic N) is 2. The van der Waals surface area contributed by atoms with E-state index in [1.54, 1.807) is 62.6 Å². The van der Waals surface area contributed by atoms with Gasteiger partial charge in [0.05, 0.1) is 35.6 Å². The van der Waals surface area contributed by atoms with Crippen molar-refractivity contribution < 1.29 is 28.9 Å². The number of carboxylic acids is 1. The van der Waals surface area contributed by atoms with Gasteiger partial charge in [0, 0.05) is 5.56 Å². The van der Waals surface area contributed by atoms with E-state index in [1.165, 1.54) is 15.9 Å². The zero-order chi connectivity index (χ0) is 28.9. The molecule has 208 valence electrons. The highest BCUT2D eigenvalue weighted by molar-refractivity contribution is 7.07. The van der Waals surface area contributed by atoms with Crippen LogP contribution >= 0.6 is 11.3 Å². The molecular formula is C31H26N2O7S. The lowest BCUT2D eigenvalue weighted by Gasteiger charge is -2.26. The lowest BCUT2D eigenvalue weighted by molar-refractivity contribution is -0.140. The second-order valence-corrected chi connectivity index (χ2v) is 9.97. The first-order valence-electron chi connectivity index (χ1n) is 12.8. The Labute approximate surface area is 238 Å². The number of carbonyl (C=O) groups excluding carboxylic acids is 1. The number of ether oxygens (including phenoxy) is 3. The first-order chi connectivity index (χ1) is 19.9. The number of benzene rings is 3. The SMILES string of the molecule is CCOC(=O)C1=C(c2ccccc2)N=c2sc(=Cc3cccc(OCC(=O)O)c3)c(=O)n2[C@@H]1c1cccc(OC)c1. The second kappa shape index (κ2) is 12.1. The van der Waals surface area contributed by atoms with Crippen LogP contribution in [0.5, 0.6) is 11.5 Å². The van der Waals surface area contributed by atoms with Gasteiger partial charge in [0.15, 0.2) is 11.4 Å². The molecule has 0 fully saturated rings. The molecule has 0 bridgehead atoms. The second-order valence-electron chi connectivity index (χ2n) is 8.96. The topological polar surface area (TPSA) is 116 Å². The first-order valence-corrected chi connectivity index (χ1v) is 13.6. The van der Waals surface area contributed by atoms with E-state index in [1.807, 2.05) is 36.4 Å². The maximum Gasteiger partial charge on any atom is 0.341 e. The number of aliphatic carboxylic acids is 1. The Hall–Kier alpha value is -4.96. The minimum atomic E-state index is -1.09. The van der Waals surface area contributed by atoms with Gasteiger partial charge in [0.25, 0.3) is 5.56 Å². The van der Waals surface area contributed by atoms with Crippen molar-refractivity contribution in [1.29, 1.82) is 0 Å². The van der Waals surface area contributed by atoms with Crippen molar-refractivity contribution in [3.63, 3.8) is 0 Å². The molecule has 5 rings (SSSR count). The third-order valence-electron chi connectivity index (χ3n) is 6.30. The smallest absolute Gasteiger partial charge is 0.341 e. The van der Waals surface area contributed by atoms with E-state index in [9.17, 15) is 14.4 Å². The van der Waals surface area contributed by atoms with Gasteiger partial charge in [-0.15, -0.1) is 0 Å². The highest BCUT2D eigenvalue weighted by Gasteiger charge is 2.35. The van der Waals surface area contributed by atoms with E-state index in [0.717, 1.165) is 0 Å². The number of methoxy groups -OCH3 is 1. The lowest BCUT2D eigenvalue weighted by atomic mass is 9.93. The van der Waals surface area contributed by atoms with Crippen LogP contribution < -0.4 is 24.4 Å². The predicted molar refractivity (Wildman–Crippen MR) is 154 cm³/mol. The Morgan fingerprint density at radius 3 is 2.51 bits per heavy atom. The molecule has 0 saturated carbocycles. The van der Waals surface area contributed by atoms with E-state index < -0.39 is 24.6 Å². The minimum absolute atomic E-state index is 0.153. The fourth-order valence-corrected chi connectivity index (χ4v) is 5.56. The van der Waals surface area contributed by atoms with Crippen molar-refractivity contribution in [1.82, 2.24) is 4.57 Å². The maximum absolute atomic E-state index is 14.0. The number of esters is 1. The van der Waals surface area contributed by atoms with Gasteiger partial charge in [-0.2, -0.15) is 0 Å². The normalized spacial score (nSPS) is 14.7. The van der Waals surface area contributed by atoms with Crippen LogP contribution in [0.4, 0.5) is 0 Å². The quantitative estimate of drug-likeness (QED) is 0.307. The summed E-state index contributed by atoms with van der Waals surface area (Å²) in [5.41, 5.74) is 2.34. The molecule has 9 nitrogen and oxygen atoms in total. The summed E-state index contributed by atoms with van der Waals surface area (Å²) in [4.78, 5) is 43.7. The number of rotatable bonds is 9. The van der Waals surface area contributed by atoms with E-state index >= 15 is 0 Å². The Balaban J connectivity index is 1.75. The summed E-state index contributed by atoms with van der Waals surface area (Å²) >= 11 is 1.19. The maximum atomic E-state index is 14.0. The van der Waals surface area contributed by atoms with Gasteiger partial charge in [-0.1, -0.05) is 65.9 Å². The van der Waals surface area contributed by atoms with Crippen molar-refractivity contribution in [2.45, 2.75) is 13.0 Å². The first kappa shape index (κ1) is 27.6. The van der Waals surface area contributed by atoms with Gasteiger partial charge in [-0.3, -0.25) is 9.36 Å². The molecule has 0 saturated heterocycles. The van der Waals surface area contributed by atoms with E-state index in [4.69, 9.17) is 24.3 Å². The van der Waals surface area contributed by atoms with Crippen LogP contribution in [0.25, 0.3) is 11.8 Å². The summed E-state index contributed by atoms with van der Waals surface area (Å²) < 4.78 is 18.1. The standard InChI is InChI=1S/C31H26N2O7S/c1-3-39-30(37)26-27(20-10-5-4-6-11-20)32-31-33(28(26)21-12-8-13-22(17-21)38-2)29(36)24(41-31)16-19-9-7-14-23(15-19)40-18-25(34)35/h4-17,28H,3,18H2,1-2H3,(H,34,35)/t28-/m1/s1. The number of carbonyl (C=O) groups is 2. The number of carboxylic acid groups (broad SMARTS) is 1. The molecule has 2 heterocycles. The van der Waals surface area contributed by atoms with Gasteiger partial charge < -0.3 is 19.3 Å². The van der Waals surface area contributed by atoms with Crippen LogP contribution in [0.1, 0.15) is 29.7 Å². The average Bonchev–Trinajstić information content (AvgIpc) is 3.30. The molecule has 1 N–H and O–H groups in total. The third-order valence-corrected chi connectivity index (χ3v) is 7.28. The summed E-state index contributed by atoms with van der Waals surface area (Å²) in [7, 11) is 1.55. The molecule has 0 unspecified atom stereocenters. The predicted octanol–water partition coefficient (Wildman–Crippen LogP) is 3.41. The van der Waals surface area contributed by atoms with Crippen molar-refractivity contribution in [3.8, 4) is 11.5 Å². The Morgan fingerprint density at radius 2 is 1.78 bits per heavy atom. The zero-order valence-corrected chi connectivity index (χ0v) is 23.1. The van der Waals surface area contributed by atoms with Crippen LogP contribution in [-0.4, -0.2) is 41.9 Å². The molecular weight excluding hydrogens is 544 g/mol. The zero-order valence-electron chi connectivity index (χ0n) is 22.3. The van der Waals surface area contributed by atoms with Crippen LogP contribution in [0.15, 0.2) is 94.2 Å². The van der Waals surface area contributed by atoms with Crippen LogP contribution in [0.3, 0.4) is 0 Å². The minimum Gasteiger partial charge on any atom is -0.497 e. The van der Waals surface area contributed by atoms with Crippen molar-refractivity contribution in [2.75, 3.05) is 20.3 Å². The Kier molecular flexibility index (Phi) is 8.11. The average molecular weight is 571 g/mol. The molecule has 0 amide bonds.